The molecule has 0 spiro atoms. The third kappa shape index (κ3) is 7.91. The lowest BCUT2D eigenvalue weighted by molar-refractivity contribution is -0.00276. The van der Waals surface area contributed by atoms with Crippen LogP contribution in [0.5, 0.6) is 5.75 Å². The highest BCUT2D eigenvalue weighted by molar-refractivity contribution is 6.30. The number of aromatic nitrogens is 3. The van der Waals surface area contributed by atoms with Crippen molar-refractivity contribution >= 4 is 29.3 Å². The van der Waals surface area contributed by atoms with Gasteiger partial charge in [-0.1, -0.05) is 23.7 Å². The smallest absolute Gasteiger partial charge is 0.410 e. The number of hydrogen-bond acceptors (Lipinski definition) is 7. The molecule has 11 heteroatoms. The fraction of sp³-hybridized carbons (Fsp3) is 0.467. The molecular formula is C30H38ClN5O5. The topological polar surface area (TPSA) is 108 Å². The lowest BCUT2D eigenvalue weighted by atomic mass is 9.97. The number of anilines is 2. The Balaban J connectivity index is 1.55. The van der Waals surface area contributed by atoms with Crippen molar-refractivity contribution in [1.29, 1.82) is 0 Å². The van der Waals surface area contributed by atoms with Gasteiger partial charge in [0.25, 0.3) is 0 Å². The van der Waals surface area contributed by atoms with Crippen LogP contribution < -0.4 is 21.4 Å². The van der Waals surface area contributed by atoms with Crippen molar-refractivity contribution < 1.29 is 14.3 Å². The molecule has 1 N–H and O–H groups in total. The number of hydrogen-bond donors (Lipinski definition) is 1. The van der Waals surface area contributed by atoms with Crippen LogP contribution in [0.15, 0.2) is 52.1 Å². The SMILES string of the molecule is Cc1cc(Nc2nc(=O)n(CCC3CN(C(=O)OC(C)(C)C)C3)c(=O)n2Cc2ccc(Cl)cc2)ccc1OC(C)C. The molecule has 1 amide bonds. The van der Waals surface area contributed by atoms with Gasteiger partial charge in [0.05, 0.1) is 12.6 Å². The van der Waals surface area contributed by atoms with E-state index in [0.29, 0.717) is 30.2 Å². The first-order valence-electron chi connectivity index (χ1n) is 13.8. The van der Waals surface area contributed by atoms with Crippen LogP contribution in [-0.4, -0.2) is 49.9 Å². The van der Waals surface area contributed by atoms with Crippen LogP contribution in [0.3, 0.4) is 0 Å². The molecule has 3 aromatic rings. The second-order valence-electron chi connectivity index (χ2n) is 11.7. The van der Waals surface area contributed by atoms with Crippen molar-refractivity contribution in [2.75, 3.05) is 18.4 Å². The molecule has 1 fully saturated rings. The number of amides is 1. The number of nitrogens with one attached hydrogen (secondary N) is 1. The minimum absolute atomic E-state index is 0.0339. The Labute approximate surface area is 244 Å². The third-order valence-corrected chi connectivity index (χ3v) is 6.82. The molecule has 4 rings (SSSR count). The molecule has 2 aromatic carbocycles. The van der Waals surface area contributed by atoms with Gasteiger partial charge >= 0.3 is 17.5 Å². The van der Waals surface area contributed by atoms with Gasteiger partial charge in [0.15, 0.2) is 0 Å². The predicted octanol–water partition coefficient (Wildman–Crippen LogP) is 5.20. The molecule has 0 saturated carbocycles. The van der Waals surface area contributed by atoms with Crippen molar-refractivity contribution in [1.82, 2.24) is 19.0 Å². The van der Waals surface area contributed by atoms with Gasteiger partial charge in [-0.25, -0.2) is 19.0 Å². The van der Waals surface area contributed by atoms with E-state index < -0.39 is 17.0 Å². The van der Waals surface area contributed by atoms with Gasteiger partial charge in [-0.2, -0.15) is 4.98 Å². The monoisotopic (exact) mass is 583 g/mol. The fourth-order valence-corrected chi connectivity index (χ4v) is 4.64. The van der Waals surface area contributed by atoms with Gasteiger partial charge in [0, 0.05) is 30.3 Å². The number of carbonyl (C=O) groups excluding carboxylic acids is 1. The summed E-state index contributed by atoms with van der Waals surface area (Å²) >= 11 is 6.06. The average molecular weight is 584 g/mol. The quantitative estimate of drug-likeness (QED) is 0.369. The summed E-state index contributed by atoms with van der Waals surface area (Å²) in [6, 6.07) is 12.7. The van der Waals surface area contributed by atoms with E-state index in [-0.39, 0.29) is 37.2 Å². The van der Waals surface area contributed by atoms with Crippen LogP contribution in [-0.2, 0) is 17.8 Å². The zero-order chi connectivity index (χ0) is 29.9. The summed E-state index contributed by atoms with van der Waals surface area (Å²) in [5.74, 6) is 1.06. The molecule has 0 atom stereocenters. The zero-order valence-corrected chi connectivity index (χ0v) is 25.2. The van der Waals surface area contributed by atoms with Gasteiger partial charge in [0.1, 0.15) is 11.4 Å². The number of halogens is 1. The van der Waals surface area contributed by atoms with Gasteiger partial charge in [0.2, 0.25) is 5.95 Å². The number of nitrogens with zero attached hydrogens (tertiary/aromatic N) is 4. The van der Waals surface area contributed by atoms with E-state index >= 15 is 0 Å². The molecule has 1 aromatic heterocycles. The molecule has 10 nitrogen and oxygen atoms in total. The lowest BCUT2D eigenvalue weighted by Crippen LogP contribution is -2.52. The van der Waals surface area contributed by atoms with Crippen molar-refractivity contribution in [2.24, 2.45) is 5.92 Å². The summed E-state index contributed by atoms with van der Waals surface area (Å²) in [6.45, 7) is 12.8. The van der Waals surface area contributed by atoms with Crippen molar-refractivity contribution in [2.45, 2.75) is 72.8 Å². The number of likely N-dealkylation sites (tertiary alicyclic amines) is 1. The average Bonchev–Trinajstić information content (AvgIpc) is 2.84. The highest BCUT2D eigenvalue weighted by Crippen LogP contribution is 2.25. The maximum absolute atomic E-state index is 13.7. The third-order valence-electron chi connectivity index (χ3n) is 6.57. The Morgan fingerprint density at radius 1 is 1.10 bits per heavy atom. The Bertz CT molecular complexity index is 1500. The van der Waals surface area contributed by atoms with E-state index in [1.165, 1.54) is 4.57 Å². The molecule has 0 radical (unpaired) electrons. The highest BCUT2D eigenvalue weighted by Gasteiger charge is 2.33. The summed E-state index contributed by atoms with van der Waals surface area (Å²) in [7, 11) is 0. The van der Waals surface area contributed by atoms with E-state index in [2.05, 4.69) is 10.3 Å². The van der Waals surface area contributed by atoms with Gasteiger partial charge < -0.3 is 19.7 Å². The van der Waals surface area contributed by atoms with Crippen LogP contribution in [0.4, 0.5) is 16.4 Å². The number of rotatable bonds is 9. The summed E-state index contributed by atoms with van der Waals surface area (Å²) in [6.07, 6.45) is 0.236. The van der Waals surface area contributed by atoms with E-state index in [4.69, 9.17) is 21.1 Å². The molecule has 2 heterocycles. The molecule has 0 unspecified atom stereocenters. The second kappa shape index (κ2) is 12.4. The minimum Gasteiger partial charge on any atom is -0.491 e. The normalized spacial score (nSPS) is 13.7. The lowest BCUT2D eigenvalue weighted by Gasteiger charge is -2.39. The van der Waals surface area contributed by atoms with Crippen LogP contribution in [0.25, 0.3) is 0 Å². The largest absolute Gasteiger partial charge is 0.491 e. The van der Waals surface area contributed by atoms with Gasteiger partial charge in [-0.3, -0.25) is 4.57 Å². The standard InChI is InChI=1S/C30H38ClN5O5/c1-19(2)40-25-12-11-24(15-20(25)3)32-26-33-27(37)35(28(38)36(26)18-21-7-9-23(31)10-8-21)14-13-22-16-34(17-22)29(39)41-30(4,5)6/h7-12,15,19,22H,13-14,16-18H2,1-6H3,(H,32,33,37). The van der Waals surface area contributed by atoms with Crippen LogP contribution in [0, 0.1) is 12.8 Å². The molecule has 41 heavy (non-hydrogen) atoms. The van der Waals surface area contributed by atoms with Crippen molar-refractivity contribution in [3.63, 3.8) is 0 Å². The predicted molar refractivity (Wildman–Crippen MR) is 159 cm³/mol. The second-order valence-corrected chi connectivity index (χ2v) is 12.1. The van der Waals surface area contributed by atoms with Crippen LogP contribution in [0.2, 0.25) is 5.02 Å². The number of carbonyl (C=O) groups is 1. The molecule has 1 aliphatic rings. The van der Waals surface area contributed by atoms with Gasteiger partial charge in [-0.15, -0.1) is 0 Å². The Hall–Kier alpha value is -3.79. The van der Waals surface area contributed by atoms with E-state index in [1.54, 1.807) is 17.0 Å². The van der Waals surface area contributed by atoms with Crippen LogP contribution >= 0.6 is 11.6 Å². The zero-order valence-electron chi connectivity index (χ0n) is 24.4. The Kier molecular flexibility index (Phi) is 9.11. The minimum atomic E-state index is -0.635. The van der Waals surface area contributed by atoms with E-state index in [1.807, 2.05) is 71.9 Å². The molecule has 220 valence electrons. The maximum Gasteiger partial charge on any atom is 0.410 e. The van der Waals surface area contributed by atoms with Gasteiger partial charge in [-0.05, 0) is 95.3 Å². The fourth-order valence-electron chi connectivity index (χ4n) is 4.51. The molecule has 1 saturated heterocycles. The first-order chi connectivity index (χ1) is 19.3. The molecule has 0 aliphatic carbocycles. The first kappa shape index (κ1) is 30.2. The van der Waals surface area contributed by atoms with Crippen molar-refractivity contribution in [3.05, 3.63) is 79.6 Å². The number of benzene rings is 2. The summed E-state index contributed by atoms with van der Waals surface area (Å²) in [5.41, 5.74) is 0.741. The number of aryl methyl sites for hydroxylation is 1. The van der Waals surface area contributed by atoms with Crippen LogP contribution in [0.1, 0.15) is 52.2 Å². The van der Waals surface area contributed by atoms with E-state index in [9.17, 15) is 14.4 Å². The first-order valence-corrected chi connectivity index (χ1v) is 14.1. The van der Waals surface area contributed by atoms with E-state index in [0.717, 1.165) is 21.4 Å². The Morgan fingerprint density at radius 3 is 2.39 bits per heavy atom. The maximum atomic E-state index is 13.7. The van der Waals surface area contributed by atoms with Crippen molar-refractivity contribution in [3.8, 4) is 5.75 Å². The Morgan fingerprint density at radius 2 is 1.78 bits per heavy atom. The molecular weight excluding hydrogens is 546 g/mol. The molecule has 1 aliphatic heterocycles. The highest BCUT2D eigenvalue weighted by atomic mass is 35.5. The summed E-state index contributed by atoms with van der Waals surface area (Å²) < 4.78 is 13.8. The number of ether oxygens (including phenoxy) is 2. The molecule has 0 bridgehead atoms. The summed E-state index contributed by atoms with van der Waals surface area (Å²) in [5, 5.41) is 3.74. The summed E-state index contributed by atoms with van der Waals surface area (Å²) in [4.78, 5) is 44.9.